The molecular weight excluding hydrogens is 222 g/mol. The molecule has 1 aliphatic carbocycles. The number of benzene rings is 1. The largest absolute Gasteiger partial charge is 0.507 e. The Morgan fingerprint density at radius 3 is 2.88 bits per heavy atom. The number of rotatable bonds is 5. The lowest BCUT2D eigenvalue weighted by Crippen LogP contribution is -2.15. The van der Waals surface area contributed by atoms with Crippen LogP contribution >= 0.6 is 11.6 Å². The van der Waals surface area contributed by atoms with Gasteiger partial charge in [0.2, 0.25) is 0 Å². The van der Waals surface area contributed by atoms with Crippen LogP contribution in [0.15, 0.2) is 12.1 Å². The molecule has 2 rings (SSSR count). The first-order valence-corrected chi connectivity index (χ1v) is 6.23. The van der Waals surface area contributed by atoms with Crippen molar-refractivity contribution in [3.8, 4) is 5.75 Å². The normalized spacial score (nSPS) is 15.4. The third-order valence-electron chi connectivity index (χ3n) is 3.09. The second-order valence-corrected chi connectivity index (χ2v) is 5.08. The van der Waals surface area contributed by atoms with E-state index >= 15 is 0 Å². The second kappa shape index (κ2) is 5.07. The number of halogens is 1. The van der Waals surface area contributed by atoms with Gasteiger partial charge in [-0.15, -0.1) is 0 Å². The second-order valence-electron chi connectivity index (χ2n) is 4.64. The van der Waals surface area contributed by atoms with E-state index < -0.39 is 0 Å². The zero-order chi connectivity index (χ0) is 11.5. The van der Waals surface area contributed by atoms with Crippen LogP contribution in [0.1, 0.15) is 30.4 Å². The first-order valence-electron chi connectivity index (χ1n) is 5.85. The summed E-state index contributed by atoms with van der Waals surface area (Å²) in [6.45, 7) is 3.59. The highest BCUT2D eigenvalue weighted by Gasteiger charge is 2.20. The molecule has 1 aromatic rings. The zero-order valence-electron chi connectivity index (χ0n) is 9.59. The van der Waals surface area contributed by atoms with Crippen molar-refractivity contribution in [2.45, 2.75) is 32.7 Å². The Balaban J connectivity index is 1.86. The van der Waals surface area contributed by atoms with Gasteiger partial charge >= 0.3 is 0 Å². The van der Waals surface area contributed by atoms with E-state index in [1.165, 1.54) is 19.3 Å². The van der Waals surface area contributed by atoms with Crippen LogP contribution in [0, 0.1) is 12.8 Å². The molecule has 0 unspecified atom stereocenters. The van der Waals surface area contributed by atoms with Crippen molar-refractivity contribution in [3.05, 3.63) is 28.3 Å². The van der Waals surface area contributed by atoms with E-state index in [4.69, 9.17) is 11.6 Å². The average molecular weight is 240 g/mol. The molecule has 16 heavy (non-hydrogen) atoms. The molecule has 3 heteroatoms. The maximum absolute atomic E-state index is 9.84. The Hall–Kier alpha value is -0.730. The Morgan fingerprint density at radius 1 is 1.44 bits per heavy atom. The van der Waals surface area contributed by atoms with Gasteiger partial charge in [-0.25, -0.2) is 0 Å². The van der Waals surface area contributed by atoms with Crippen LogP contribution in [0.4, 0.5) is 0 Å². The Morgan fingerprint density at radius 2 is 2.19 bits per heavy atom. The highest BCUT2D eigenvalue weighted by Crippen LogP contribution is 2.32. The minimum atomic E-state index is 0.364. The predicted molar refractivity (Wildman–Crippen MR) is 66.9 cm³/mol. The Bertz CT molecular complexity index is 374. The van der Waals surface area contributed by atoms with Crippen LogP contribution in [0.25, 0.3) is 0 Å². The van der Waals surface area contributed by atoms with E-state index in [0.717, 1.165) is 23.6 Å². The summed E-state index contributed by atoms with van der Waals surface area (Å²) in [7, 11) is 0. The van der Waals surface area contributed by atoms with Crippen molar-refractivity contribution in [2.24, 2.45) is 5.92 Å². The fourth-order valence-corrected chi connectivity index (χ4v) is 2.17. The third kappa shape index (κ3) is 3.13. The molecule has 2 nitrogen and oxygen atoms in total. The molecule has 1 saturated carbocycles. The summed E-state index contributed by atoms with van der Waals surface area (Å²) >= 11 is 5.96. The molecule has 0 heterocycles. The minimum absolute atomic E-state index is 0.364. The molecule has 0 radical (unpaired) electrons. The SMILES string of the molecule is Cc1cc(Cl)cc(CNCCC2CC2)c1O. The maximum Gasteiger partial charge on any atom is 0.123 e. The van der Waals surface area contributed by atoms with Crippen molar-refractivity contribution in [3.63, 3.8) is 0 Å². The van der Waals surface area contributed by atoms with E-state index in [1.54, 1.807) is 6.07 Å². The fourth-order valence-electron chi connectivity index (χ4n) is 1.88. The molecule has 0 amide bonds. The first kappa shape index (κ1) is 11.7. The van der Waals surface area contributed by atoms with Crippen LogP contribution in [-0.4, -0.2) is 11.7 Å². The molecule has 1 aliphatic rings. The number of hydrogen-bond acceptors (Lipinski definition) is 2. The van der Waals surface area contributed by atoms with Gasteiger partial charge in [0.15, 0.2) is 0 Å². The molecule has 0 spiro atoms. The van der Waals surface area contributed by atoms with Gasteiger partial charge in [0, 0.05) is 17.1 Å². The summed E-state index contributed by atoms with van der Waals surface area (Å²) in [5, 5.41) is 13.9. The summed E-state index contributed by atoms with van der Waals surface area (Å²) < 4.78 is 0. The smallest absolute Gasteiger partial charge is 0.123 e. The number of aromatic hydroxyl groups is 1. The van der Waals surface area contributed by atoms with Crippen LogP contribution in [0.2, 0.25) is 5.02 Å². The van der Waals surface area contributed by atoms with Gasteiger partial charge in [0.05, 0.1) is 0 Å². The summed E-state index contributed by atoms with van der Waals surface area (Å²) in [6, 6.07) is 3.61. The summed E-state index contributed by atoms with van der Waals surface area (Å²) in [4.78, 5) is 0. The number of hydrogen-bond donors (Lipinski definition) is 2. The number of nitrogens with one attached hydrogen (secondary N) is 1. The van der Waals surface area contributed by atoms with Crippen molar-refractivity contribution in [1.82, 2.24) is 5.32 Å². The molecule has 0 atom stereocenters. The van der Waals surface area contributed by atoms with Crippen LogP contribution in [0.5, 0.6) is 5.75 Å². The topological polar surface area (TPSA) is 32.3 Å². The number of phenols is 1. The minimum Gasteiger partial charge on any atom is -0.507 e. The molecule has 0 saturated heterocycles. The Kier molecular flexibility index (Phi) is 3.72. The molecule has 88 valence electrons. The van der Waals surface area contributed by atoms with Gasteiger partial charge in [-0.3, -0.25) is 0 Å². The fraction of sp³-hybridized carbons (Fsp3) is 0.538. The van der Waals surface area contributed by atoms with Gasteiger partial charge < -0.3 is 10.4 Å². The lowest BCUT2D eigenvalue weighted by molar-refractivity contribution is 0.459. The van der Waals surface area contributed by atoms with Crippen LogP contribution < -0.4 is 5.32 Å². The monoisotopic (exact) mass is 239 g/mol. The van der Waals surface area contributed by atoms with Gasteiger partial charge in [-0.2, -0.15) is 0 Å². The number of aryl methyl sites for hydroxylation is 1. The van der Waals surface area contributed by atoms with E-state index in [9.17, 15) is 5.11 Å². The maximum atomic E-state index is 9.84. The van der Waals surface area contributed by atoms with Crippen molar-refractivity contribution in [1.29, 1.82) is 0 Å². The van der Waals surface area contributed by atoms with E-state index in [1.807, 2.05) is 13.0 Å². The number of phenolic OH excluding ortho intramolecular Hbond substituents is 1. The lowest BCUT2D eigenvalue weighted by atomic mass is 10.1. The van der Waals surface area contributed by atoms with Crippen molar-refractivity contribution >= 4 is 11.6 Å². The molecule has 0 bridgehead atoms. The highest BCUT2D eigenvalue weighted by molar-refractivity contribution is 6.30. The van der Waals surface area contributed by atoms with Gasteiger partial charge in [0.25, 0.3) is 0 Å². The van der Waals surface area contributed by atoms with Crippen LogP contribution in [-0.2, 0) is 6.54 Å². The third-order valence-corrected chi connectivity index (χ3v) is 3.30. The molecule has 2 N–H and O–H groups in total. The zero-order valence-corrected chi connectivity index (χ0v) is 10.3. The Labute approximate surface area is 102 Å². The highest BCUT2D eigenvalue weighted by atomic mass is 35.5. The van der Waals surface area contributed by atoms with E-state index in [-0.39, 0.29) is 0 Å². The molecule has 1 fully saturated rings. The summed E-state index contributed by atoms with van der Waals surface area (Å²) in [5.74, 6) is 1.31. The standard InChI is InChI=1S/C13H18ClNO/c1-9-6-12(14)7-11(13(9)16)8-15-5-4-10-2-3-10/h6-7,10,15-16H,2-5,8H2,1H3. The van der Waals surface area contributed by atoms with Gasteiger partial charge in [-0.05, 0) is 43.5 Å². The quantitative estimate of drug-likeness (QED) is 0.774. The summed E-state index contributed by atoms with van der Waals surface area (Å²) in [5.41, 5.74) is 1.73. The average Bonchev–Trinajstić information content (AvgIpc) is 3.03. The molecule has 0 aliphatic heterocycles. The van der Waals surface area contributed by atoms with Gasteiger partial charge in [-0.1, -0.05) is 24.4 Å². The van der Waals surface area contributed by atoms with Crippen molar-refractivity contribution < 1.29 is 5.11 Å². The van der Waals surface area contributed by atoms with Crippen LogP contribution in [0.3, 0.4) is 0 Å². The molecular formula is C13H18ClNO. The van der Waals surface area contributed by atoms with E-state index in [0.29, 0.717) is 17.3 Å². The molecule has 1 aromatic carbocycles. The predicted octanol–water partition coefficient (Wildman–Crippen LogP) is 3.24. The van der Waals surface area contributed by atoms with E-state index in [2.05, 4.69) is 5.32 Å². The lowest BCUT2D eigenvalue weighted by Gasteiger charge is -2.09. The van der Waals surface area contributed by atoms with Crippen molar-refractivity contribution in [2.75, 3.05) is 6.54 Å². The first-order chi connectivity index (χ1) is 7.66. The van der Waals surface area contributed by atoms with Gasteiger partial charge in [0.1, 0.15) is 5.75 Å². The molecule has 0 aromatic heterocycles. The summed E-state index contributed by atoms with van der Waals surface area (Å²) in [6.07, 6.45) is 4.03.